The lowest BCUT2D eigenvalue weighted by molar-refractivity contribution is -0.693. The Morgan fingerprint density at radius 3 is 2.72 bits per heavy atom. The SMILES string of the molecule is CCCCCC(OC(=O)C[n+]1ccccc1CN=O)C(O)CC=CCC(=O)OC. The molecule has 0 amide bonds. The number of rotatable bonds is 14. The van der Waals surface area contributed by atoms with Crippen LogP contribution in [-0.2, 0) is 32.2 Å². The molecular formula is C21H31N2O6+. The topological polar surface area (TPSA) is 106 Å². The van der Waals surface area contributed by atoms with E-state index in [4.69, 9.17) is 4.74 Å². The van der Waals surface area contributed by atoms with E-state index in [0.717, 1.165) is 19.3 Å². The van der Waals surface area contributed by atoms with E-state index in [1.807, 2.05) is 0 Å². The molecule has 1 aromatic heterocycles. The Hall–Kier alpha value is -2.61. The van der Waals surface area contributed by atoms with E-state index in [9.17, 15) is 19.6 Å². The zero-order chi connectivity index (χ0) is 21.5. The summed E-state index contributed by atoms with van der Waals surface area (Å²) in [4.78, 5) is 34.1. The Balaban J connectivity index is 2.69. The van der Waals surface area contributed by atoms with Gasteiger partial charge in [0.1, 0.15) is 6.10 Å². The maximum absolute atomic E-state index is 12.4. The number of hydrogen-bond donors (Lipinski definition) is 1. The molecule has 1 N–H and O–H groups in total. The number of hydrogen-bond acceptors (Lipinski definition) is 7. The Kier molecular flexibility index (Phi) is 12.1. The summed E-state index contributed by atoms with van der Waals surface area (Å²) >= 11 is 0. The third kappa shape index (κ3) is 9.94. The molecule has 0 aliphatic carbocycles. The van der Waals surface area contributed by atoms with Gasteiger partial charge in [-0.1, -0.05) is 43.2 Å². The Morgan fingerprint density at radius 2 is 2.03 bits per heavy atom. The first kappa shape index (κ1) is 24.4. The smallest absolute Gasteiger partial charge is 0.373 e. The first-order chi connectivity index (χ1) is 14.0. The van der Waals surface area contributed by atoms with E-state index >= 15 is 0 Å². The number of nitroso groups, excluding NO2 is 1. The summed E-state index contributed by atoms with van der Waals surface area (Å²) in [5.74, 6) is -0.852. The van der Waals surface area contributed by atoms with Crippen LogP contribution in [0.15, 0.2) is 41.7 Å². The first-order valence-corrected chi connectivity index (χ1v) is 9.87. The number of carbonyl (C=O) groups is 2. The monoisotopic (exact) mass is 407 g/mol. The van der Waals surface area contributed by atoms with Crippen molar-refractivity contribution >= 4 is 11.9 Å². The lowest BCUT2D eigenvalue weighted by Gasteiger charge is -2.22. The quantitative estimate of drug-likeness (QED) is 0.167. The minimum atomic E-state index is -0.874. The third-order valence-corrected chi connectivity index (χ3v) is 4.42. The summed E-state index contributed by atoms with van der Waals surface area (Å²) in [6.07, 6.45) is 7.22. The highest BCUT2D eigenvalue weighted by Crippen LogP contribution is 2.14. The zero-order valence-electron chi connectivity index (χ0n) is 17.2. The lowest BCUT2D eigenvalue weighted by Crippen LogP contribution is -2.44. The molecular weight excluding hydrogens is 376 g/mol. The number of aliphatic hydroxyl groups is 1. The number of pyridine rings is 1. The molecule has 1 aromatic rings. The molecule has 0 aliphatic heterocycles. The molecule has 8 heteroatoms. The molecule has 1 rings (SSSR count). The van der Waals surface area contributed by atoms with Crippen LogP contribution in [0.4, 0.5) is 0 Å². The molecule has 2 unspecified atom stereocenters. The van der Waals surface area contributed by atoms with Crippen LogP contribution in [0.3, 0.4) is 0 Å². The van der Waals surface area contributed by atoms with Gasteiger partial charge < -0.3 is 14.6 Å². The molecule has 0 fully saturated rings. The van der Waals surface area contributed by atoms with Gasteiger partial charge >= 0.3 is 11.9 Å². The molecule has 0 saturated heterocycles. The van der Waals surface area contributed by atoms with Crippen molar-refractivity contribution in [2.75, 3.05) is 7.11 Å². The molecule has 0 saturated carbocycles. The highest BCUT2D eigenvalue weighted by atomic mass is 16.6. The number of carbonyl (C=O) groups excluding carboxylic acids is 2. The third-order valence-electron chi connectivity index (χ3n) is 4.42. The molecule has 29 heavy (non-hydrogen) atoms. The number of nitrogens with zero attached hydrogens (tertiary/aromatic N) is 2. The Bertz CT molecular complexity index is 677. The minimum Gasteiger partial charge on any atom is -0.469 e. The number of aromatic nitrogens is 1. The maximum Gasteiger partial charge on any atom is 0.373 e. The largest absolute Gasteiger partial charge is 0.469 e. The van der Waals surface area contributed by atoms with Gasteiger partial charge in [-0.05, 0) is 19.3 Å². The number of esters is 2. The van der Waals surface area contributed by atoms with Crippen molar-refractivity contribution in [3.05, 3.63) is 47.1 Å². The predicted molar refractivity (Wildman–Crippen MR) is 107 cm³/mol. The fourth-order valence-corrected chi connectivity index (χ4v) is 2.80. The second kappa shape index (κ2) is 14.4. The van der Waals surface area contributed by atoms with Crippen LogP contribution >= 0.6 is 0 Å². The minimum absolute atomic E-state index is 0.0400. The summed E-state index contributed by atoms with van der Waals surface area (Å²) in [7, 11) is 1.32. The van der Waals surface area contributed by atoms with Crippen LogP contribution in [0.5, 0.6) is 0 Å². The van der Waals surface area contributed by atoms with Crippen molar-refractivity contribution in [2.45, 2.75) is 70.7 Å². The highest BCUT2D eigenvalue weighted by Gasteiger charge is 2.25. The normalized spacial score (nSPS) is 13.1. The van der Waals surface area contributed by atoms with E-state index in [0.29, 0.717) is 12.1 Å². The number of ether oxygens (including phenoxy) is 2. The average molecular weight is 407 g/mol. The van der Waals surface area contributed by atoms with Gasteiger partial charge in [-0.15, -0.1) is 0 Å². The van der Waals surface area contributed by atoms with Crippen molar-refractivity contribution in [1.29, 1.82) is 0 Å². The predicted octanol–water partition coefficient (Wildman–Crippen LogP) is 2.60. The van der Waals surface area contributed by atoms with Crippen LogP contribution in [0.25, 0.3) is 0 Å². The molecule has 1 heterocycles. The van der Waals surface area contributed by atoms with Gasteiger partial charge in [0, 0.05) is 12.1 Å². The fraction of sp³-hybridized carbons (Fsp3) is 0.571. The first-order valence-electron chi connectivity index (χ1n) is 9.87. The van der Waals surface area contributed by atoms with Gasteiger partial charge in [0.15, 0.2) is 12.7 Å². The summed E-state index contributed by atoms with van der Waals surface area (Å²) in [5.41, 5.74) is 0.605. The number of methoxy groups -OCH3 is 1. The highest BCUT2D eigenvalue weighted by molar-refractivity contribution is 5.70. The molecule has 8 nitrogen and oxygen atoms in total. The molecule has 0 radical (unpaired) electrons. The van der Waals surface area contributed by atoms with Crippen LogP contribution in [0, 0.1) is 4.91 Å². The number of aliphatic hydroxyl groups excluding tert-OH is 1. The van der Waals surface area contributed by atoms with Crippen LogP contribution in [-0.4, -0.2) is 36.4 Å². The van der Waals surface area contributed by atoms with Crippen molar-refractivity contribution in [2.24, 2.45) is 5.18 Å². The molecule has 0 aliphatic rings. The van der Waals surface area contributed by atoms with Gasteiger partial charge in [0.2, 0.25) is 12.2 Å². The molecule has 0 aromatic carbocycles. The van der Waals surface area contributed by atoms with E-state index in [-0.39, 0.29) is 31.9 Å². The van der Waals surface area contributed by atoms with Gasteiger partial charge in [0.05, 0.1) is 19.6 Å². The maximum atomic E-state index is 12.4. The summed E-state index contributed by atoms with van der Waals surface area (Å²) < 4.78 is 11.7. The summed E-state index contributed by atoms with van der Waals surface area (Å²) in [6.45, 7) is 1.96. The van der Waals surface area contributed by atoms with Crippen LogP contribution in [0.1, 0.15) is 51.1 Å². The van der Waals surface area contributed by atoms with Crippen molar-refractivity contribution in [3.63, 3.8) is 0 Å². The van der Waals surface area contributed by atoms with E-state index in [1.165, 1.54) is 7.11 Å². The van der Waals surface area contributed by atoms with Gasteiger partial charge in [-0.3, -0.25) is 4.79 Å². The van der Waals surface area contributed by atoms with Crippen molar-refractivity contribution in [1.82, 2.24) is 0 Å². The van der Waals surface area contributed by atoms with Crippen molar-refractivity contribution in [3.8, 4) is 0 Å². The van der Waals surface area contributed by atoms with E-state index < -0.39 is 18.2 Å². The lowest BCUT2D eigenvalue weighted by atomic mass is 10.0. The van der Waals surface area contributed by atoms with Gasteiger partial charge in [0.25, 0.3) is 0 Å². The average Bonchev–Trinajstić information content (AvgIpc) is 2.71. The standard InChI is InChI=1S/C21H31N2O6/c1-3-4-5-12-19(18(24)11-6-7-13-20(25)28-2)29-21(26)16-23-14-9-8-10-17(23)15-22-27/h6-10,14,18-19,24H,3-5,11-13,15-16H2,1-2H3/q+1. The summed E-state index contributed by atoms with van der Waals surface area (Å²) in [5, 5.41) is 13.3. The van der Waals surface area contributed by atoms with E-state index in [1.54, 1.807) is 41.1 Å². The molecule has 160 valence electrons. The van der Waals surface area contributed by atoms with Crippen molar-refractivity contribution < 1.29 is 28.7 Å². The molecule has 0 spiro atoms. The van der Waals surface area contributed by atoms with Crippen LogP contribution < -0.4 is 4.57 Å². The van der Waals surface area contributed by atoms with Gasteiger partial charge in [-0.25, -0.2) is 4.79 Å². The summed E-state index contributed by atoms with van der Waals surface area (Å²) in [6, 6.07) is 5.23. The fourth-order valence-electron chi connectivity index (χ4n) is 2.80. The van der Waals surface area contributed by atoms with Crippen LogP contribution in [0.2, 0.25) is 0 Å². The van der Waals surface area contributed by atoms with E-state index in [2.05, 4.69) is 16.8 Å². The number of unbranched alkanes of at least 4 members (excludes halogenated alkanes) is 2. The zero-order valence-corrected chi connectivity index (χ0v) is 17.2. The molecule has 0 bridgehead atoms. The van der Waals surface area contributed by atoms with Gasteiger partial charge in [-0.2, -0.15) is 9.47 Å². The Labute approximate surface area is 171 Å². The molecule has 2 atom stereocenters. The second-order valence-corrected chi connectivity index (χ2v) is 6.69. The Morgan fingerprint density at radius 1 is 1.24 bits per heavy atom. The second-order valence-electron chi connectivity index (χ2n) is 6.69.